The predicted octanol–water partition coefficient (Wildman–Crippen LogP) is 4.13. The molecule has 3 rings (SSSR count). The summed E-state index contributed by atoms with van der Waals surface area (Å²) in [5.74, 6) is -1.41. The molecule has 0 fully saturated rings. The number of halogens is 3. The zero-order valence-corrected chi connectivity index (χ0v) is 12.0. The lowest BCUT2D eigenvalue weighted by atomic mass is 9.83. The molecule has 3 nitrogen and oxygen atoms in total. The molecule has 1 aliphatic carbocycles. The van der Waals surface area contributed by atoms with E-state index in [9.17, 15) is 14.7 Å². The number of aromatic hydroxyl groups is 1. The fraction of sp³-hybridized carbons (Fsp3) is 0. The van der Waals surface area contributed by atoms with Crippen LogP contribution < -0.4 is 0 Å². The van der Waals surface area contributed by atoms with Gasteiger partial charge in [-0.05, 0) is 24.3 Å². The number of phenols is 1. The van der Waals surface area contributed by atoms with Gasteiger partial charge in [0, 0.05) is 0 Å². The number of hydrogen-bond acceptors (Lipinski definition) is 3. The summed E-state index contributed by atoms with van der Waals surface area (Å²) in [6.45, 7) is 0. The number of hydrogen-bond donors (Lipinski definition) is 1. The summed E-state index contributed by atoms with van der Waals surface area (Å²) in [7, 11) is 0. The van der Waals surface area contributed by atoms with Gasteiger partial charge in [0.1, 0.15) is 5.75 Å². The SMILES string of the molecule is O=C1c2c(O)ccc(Cl)c2C(=O)c2c(Cl)ccc(Cl)c21. The van der Waals surface area contributed by atoms with Crippen molar-refractivity contribution in [2.75, 3.05) is 0 Å². The van der Waals surface area contributed by atoms with Gasteiger partial charge in [0.2, 0.25) is 0 Å². The minimum absolute atomic E-state index is 0.00534. The van der Waals surface area contributed by atoms with Crippen LogP contribution in [0.4, 0.5) is 0 Å². The lowest BCUT2D eigenvalue weighted by molar-refractivity contribution is 0.0977. The second-order valence-electron chi connectivity index (χ2n) is 4.25. The van der Waals surface area contributed by atoms with E-state index in [4.69, 9.17) is 34.8 Å². The quantitative estimate of drug-likeness (QED) is 0.675. The molecule has 0 radical (unpaired) electrons. The molecule has 0 atom stereocenters. The van der Waals surface area contributed by atoms with Crippen molar-refractivity contribution in [2.45, 2.75) is 0 Å². The Morgan fingerprint density at radius 3 is 1.50 bits per heavy atom. The maximum Gasteiger partial charge on any atom is 0.199 e. The first-order valence-corrected chi connectivity index (χ1v) is 6.65. The van der Waals surface area contributed by atoms with Gasteiger partial charge in [-0.3, -0.25) is 9.59 Å². The molecule has 0 saturated carbocycles. The van der Waals surface area contributed by atoms with Gasteiger partial charge in [-0.1, -0.05) is 34.8 Å². The third-order valence-electron chi connectivity index (χ3n) is 3.14. The highest BCUT2D eigenvalue weighted by Crippen LogP contribution is 2.41. The monoisotopic (exact) mass is 326 g/mol. The minimum Gasteiger partial charge on any atom is -0.507 e. The largest absolute Gasteiger partial charge is 0.507 e. The van der Waals surface area contributed by atoms with Crippen LogP contribution in [-0.4, -0.2) is 16.7 Å². The number of rotatable bonds is 0. The van der Waals surface area contributed by atoms with Crippen LogP contribution in [0.1, 0.15) is 31.8 Å². The van der Waals surface area contributed by atoms with Crippen LogP contribution in [0.5, 0.6) is 5.75 Å². The van der Waals surface area contributed by atoms with Crippen molar-refractivity contribution >= 4 is 46.4 Å². The van der Waals surface area contributed by atoms with Crippen LogP contribution in [0.3, 0.4) is 0 Å². The van der Waals surface area contributed by atoms with Gasteiger partial charge >= 0.3 is 0 Å². The van der Waals surface area contributed by atoms with Crippen LogP contribution >= 0.6 is 34.8 Å². The molecule has 1 N–H and O–H groups in total. The van der Waals surface area contributed by atoms with Gasteiger partial charge in [-0.2, -0.15) is 0 Å². The van der Waals surface area contributed by atoms with Gasteiger partial charge < -0.3 is 5.11 Å². The zero-order valence-electron chi connectivity index (χ0n) is 9.71. The fourth-order valence-electron chi connectivity index (χ4n) is 2.26. The van der Waals surface area contributed by atoms with E-state index >= 15 is 0 Å². The first kappa shape index (κ1) is 13.4. The molecule has 0 saturated heterocycles. The number of phenolic OH excluding ortho intramolecular Hbond substituents is 1. The van der Waals surface area contributed by atoms with Crippen LogP contribution in [-0.2, 0) is 0 Å². The van der Waals surface area contributed by atoms with E-state index in [2.05, 4.69) is 0 Å². The van der Waals surface area contributed by atoms with Gasteiger partial charge in [-0.25, -0.2) is 0 Å². The molecule has 0 aromatic heterocycles. The van der Waals surface area contributed by atoms with Crippen molar-refractivity contribution < 1.29 is 14.7 Å². The Labute approximate surface area is 128 Å². The Balaban J connectivity index is 2.46. The summed E-state index contributed by atoms with van der Waals surface area (Å²) in [6.07, 6.45) is 0. The van der Waals surface area contributed by atoms with Gasteiger partial charge in [0.25, 0.3) is 0 Å². The molecular formula is C14H5Cl3O3. The lowest BCUT2D eigenvalue weighted by Gasteiger charge is -2.21. The first-order valence-electron chi connectivity index (χ1n) is 5.52. The topological polar surface area (TPSA) is 54.4 Å². The van der Waals surface area contributed by atoms with Crippen molar-refractivity contribution in [2.24, 2.45) is 0 Å². The average Bonchev–Trinajstić information content (AvgIpc) is 2.41. The van der Waals surface area contributed by atoms with Crippen LogP contribution in [0, 0.1) is 0 Å². The van der Waals surface area contributed by atoms with Crippen LogP contribution in [0.15, 0.2) is 24.3 Å². The molecule has 20 heavy (non-hydrogen) atoms. The Morgan fingerprint density at radius 1 is 0.650 bits per heavy atom. The number of benzene rings is 2. The Bertz CT molecular complexity index is 667. The molecule has 0 heterocycles. The van der Waals surface area contributed by atoms with E-state index in [1.54, 1.807) is 0 Å². The Hall–Kier alpha value is -1.55. The molecule has 0 unspecified atom stereocenters. The molecule has 2 aromatic rings. The third-order valence-corrected chi connectivity index (χ3v) is 4.09. The van der Waals surface area contributed by atoms with Crippen molar-refractivity contribution in [1.29, 1.82) is 0 Å². The number of carbonyl (C=O) groups is 2. The number of ketones is 2. The van der Waals surface area contributed by atoms with E-state index in [-0.39, 0.29) is 43.1 Å². The molecule has 1 aliphatic rings. The average molecular weight is 328 g/mol. The second kappa shape index (κ2) is 4.48. The molecule has 2 aromatic carbocycles. The van der Waals surface area contributed by atoms with Gasteiger partial charge in [-0.15, -0.1) is 0 Å². The standard InChI is InChI=1S/C14H5Cl3O3/c15-5-1-2-6(16)10-9(5)13(19)11-7(17)3-4-8(18)12(11)14(10)20/h1-4,18H. The molecule has 0 amide bonds. The summed E-state index contributed by atoms with van der Waals surface area (Å²) in [4.78, 5) is 25.0. The normalized spacial score (nSPS) is 13.2. The second-order valence-corrected chi connectivity index (χ2v) is 5.48. The maximum atomic E-state index is 12.5. The summed E-state index contributed by atoms with van der Waals surface area (Å²) in [5, 5.41) is 10.2. The Morgan fingerprint density at radius 2 is 1.00 bits per heavy atom. The predicted molar refractivity (Wildman–Crippen MR) is 76.4 cm³/mol. The van der Waals surface area contributed by atoms with E-state index in [0.717, 1.165) is 0 Å². The lowest BCUT2D eigenvalue weighted by Crippen LogP contribution is -2.22. The molecule has 6 heteroatoms. The summed E-state index contributed by atoms with van der Waals surface area (Å²) >= 11 is 18.0. The van der Waals surface area contributed by atoms with Crippen molar-refractivity contribution in [3.63, 3.8) is 0 Å². The van der Waals surface area contributed by atoms with E-state index in [0.29, 0.717) is 0 Å². The smallest absolute Gasteiger partial charge is 0.199 e. The number of carbonyl (C=O) groups excluding carboxylic acids is 2. The van der Waals surface area contributed by atoms with E-state index < -0.39 is 11.6 Å². The fourth-order valence-corrected chi connectivity index (χ4v) is 2.99. The van der Waals surface area contributed by atoms with E-state index in [1.807, 2.05) is 0 Å². The molecule has 0 spiro atoms. The Kier molecular flexibility index (Phi) is 3.01. The van der Waals surface area contributed by atoms with Crippen LogP contribution in [0.2, 0.25) is 15.1 Å². The van der Waals surface area contributed by atoms with Crippen molar-refractivity contribution in [1.82, 2.24) is 0 Å². The highest BCUT2D eigenvalue weighted by Gasteiger charge is 2.36. The highest BCUT2D eigenvalue weighted by atomic mass is 35.5. The maximum absolute atomic E-state index is 12.5. The van der Waals surface area contributed by atoms with Crippen molar-refractivity contribution in [3.05, 3.63) is 61.6 Å². The van der Waals surface area contributed by atoms with Crippen LogP contribution in [0.25, 0.3) is 0 Å². The third kappa shape index (κ3) is 1.67. The summed E-state index contributed by atoms with van der Waals surface area (Å²) < 4.78 is 0. The summed E-state index contributed by atoms with van der Waals surface area (Å²) in [6, 6.07) is 5.48. The number of fused-ring (bicyclic) bond motifs is 2. The van der Waals surface area contributed by atoms with Gasteiger partial charge in [0.05, 0.1) is 37.3 Å². The zero-order chi connectivity index (χ0) is 14.6. The van der Waals surface area contributed by atoms with Gasteiger partial charge in [0.15, 0.2) is 11.6 Å². The highest BCUT2D eigenvalue weighted by molar-refractivity contribution is 6.46. The first-order chi connectivity index (χ1) is 9.43. The molecule has 0 aliphatic heterocycles. The molecule has 0 bridgehead atoms. The minimum atomic E-state index is -0.567. The van der Waals surface area contributed by atoms with Crippen molar-refractivity contribution in [3.8, 4) is 5.75 Å². The summed E-state index contributed by atoms with van der Waals surface area (Å²) in [5.41, 5.74) is -0.175. The van der Waals surface area contributed by atoms with E-state index in [1.165, 1.54) is 24.3 Å². The molecule has 100 valence electrons. The molecular weight excluding hydrogens is 323 g/mol.